The number of halogens is 2. The summed E-state index contributed by atoms with van der Waals surface area (Å²) in [5.74, 6) is 0.739. The average Bonchev–Trinajstić information content (AvgIpc) is 2.92. The molecule has 1 aliphatic rings. The minimum Gasteiger partial charge on any atom is -0.479 e. The molecule has 0 radical (unpaired) electrons. The van der Waals surface area contributed by atoms with Gasteiger partial charge in [-0.15, -0.1) is 5.10 Å². The number of alkyl halides is 2. The molecular formula is C14H13F2N5O2. The zero-order chi connectivity index (χ0) is 16.2. The summed E-state index contributed by atoms with van der Waals surface area (Å²) in [6, 6.07) is 3.24. The summed E-state index contributed by atoms with van der Waals surface area (Å²) >= 11 is 0. The van der Waals surface area contributed by atoms with Crippen LogP contribution in [0.1, 0.15) is 19.2 Å². The van der Waals surface area contributed by atoms with E-state index in [1.807, 2.05) is 6.92 Å². The Hall–Kier alpha value is -2.71. The normalized spacial score (nSPS) is 16.1. The van der Waals surface area contributed by atoms with Crippen LogP contribution in [0.3, 0.4) is 0 Å². The van der Waals surface area contributed by atoms with Crippen LogP contribution >= 0.6 is 0 Å². The van der Waals surface area contributed by atoms with Gasteiger partial charge in [0.1, 0.15) is 5.52 Å². The van der Waals surface area contributed by atoms with E-state index in [2.05, 4.69) is 15.1 Å². The minimum atomic E-state index is -3.41. The lowest BCUT2D eigenvalue weighted by Gasteiger charge is -2.26. The van der Waals surface area contributed by atoms with Crippen LogP contribution in [0.15, 0.2) is 12.1 Å². The monoisotopic (exact) mass is 321 g/mol. The molecule has 3 heterocycles. The Labute approximate surface area is 129 Å². The molecule has 9 heteroatoms. The summed E-state index contributed by atoms with van der Waals surface area (Å²) in [5.41, 5.74) is 6.54. The molecule has 0 fully saturated rings. The highest BCUT2D eigenvalue weighted by Gasteiger charge is 2.39. The molecule has 0 amide bonds. The minimum absolute atomic E-state index is 0.0493. The number of nitrogens with two attached hydrogens (primary N) is 1. The van der Waals surface area contributed by atoms with Gasteiger partial charge in [0.05, 0.1) is 0 Å². The fraction of sp³-hybridized carbons (Fsp3) is 0.357. The van der Waals surface area contributed by atoms with Crippen molar-refractivity contribution in [2.75, 3.05) is 12.3 Å². The molecule has 4 rings (SSSR count). The smallest absolute Gasteiger partial charge is 0.433 e. The molecule has 2 aromatic heterocycles. The summed E-state index contributed by atoms with van der Waals surface area (Å²) in [6.07, 6.45) is -1.85. The number of hydrogen-bond donors (Lipinski definition) is 1. The Morgan fingerprint density at radius 3 is 2.96 bits per heavy atom. The van der Waals surface area contributed by atoms with Gasteiger partial charge in [-0.2, -0.15) is 13.3 Å². The summed E-state index contributed by atoms with van der Waals surface area (Å²) in [4.78, 5) is 8.58. The van der Waals surface area contributed by atoms with E-state index in [4.69, 9.17) is 15.2 Å². The average molecular weight is 321 g/mol. The van der Waals surface area contributed by atoms with E-state index in [1.54, 1.807) is 12.1 Å². The van der Waals surface area contributed by atoms with Crippen molar-refractivity contribution < 1.29 is 18.3 Å². The van der Waals surface area contributed by atoms with Gasteiger partial charge in [-0.1, -0.05) is 6.92 Å². The number of ether oxygens (including phenoxy) is 2. The van der Waals surface area contributed by atoms with Gasteiger partial charge in [0.25, 0.3) is 0 Å². The fourth-order valence-electron chi connectivity index (χ4n) is 2.58. The van der Waals surface area contributed by atoms with E-state index in [1.165, 1.54) is 4.52 Å². The first-order chi connectivity index (χ1) is 11.0. The third-order valence-corrected chi connectivity index (χ3v) is 3.55. The molecular weight excluding hydrogens is 308 g/mol. The van der Waals surface area contributed by atoms with Gasteiger partial charge in [-0.25, -0.2) is 9.97 Å². The zero-order valence-electron chi connectivity index (χ0n) is 12.2. The lowest BCUT2D eigenvalue weighted by atomic mass is 10.2. The molecule has 0 atom stereocenters. The molecule has 0 spiro atoms. The largest absolute Gasteiger partial charge is 0.479 e. The van der Waals surface area contributed by atoms with Crippen molar-refractivity contribution in [3.63, 3.8) is 0 Å². The topological polar surface area (TPSA) is 87.6 Å². The van der Waals surface area contributed by atoms with E-state index < -0.39 is 12.7 Å². The summed E-state index contributed by atoms with van der Waals surface area (Å²) in [5, 5.41) is 4.81. The Balaban J connectivity index is 2.01. The number of benzene rings is 1. The molecule has 1 aliphatic heterocycles. The number of aromatic nitrogens is 4. The summed E-state index contributed by atoms with van der Waals surface area (Å²) in [6.45, 7) is 1.17. The van der Waals surface area contributed by atoms with E-state index in [9.17, 15) is 8.78 Å². The van der Waals surface area contributed by atoms with Gasteiger partial charge in [-0.05, 0) is 18.6 Å². The number of nitrogen functional groups attached to an aromatic ring is 1. The van der Waals surface area contributed by atoms with Crippen molar-refractivity contribution >= 4 is 22.5 Å². The highest BCUT2D eigenvalue weighted by atomic mass is 19.3. The van der Waals surface area contributed by atoms with Crippen LogP contribution in [-0.4, -0.2) is 32.3 Å². The third-order valence-electron chi connectivity index (χ3n) is 3.55. The molecule has 0 saturated heterocycles. The van der Waals surface area contributed by atoms with Crippen molar-refractivity contribution in [2.24, 2.45) is 0 Å². The van der Waals surface area contributed by atoms with Crippen molar-refractivity contribution in [1.82, 2.24) is 19.6 Å². The first kappa shape index (κ1) is 13.9. The van der Waals surface area contributed by atoms with Crippen LogP contribution in [0, 0.1) is 0 Å². The van der Waals surface area contributed by atoms with Gasteiger partial charge in [0, 0.05) is 11.8 Å². The molecule has 3 aromatic rings. The highest BCUT2D eigenvalue weighted by Crippen LogP contribution is 2.42. The van der Waals surface area contributed by atoms with Crippen LogP contribution in [0.5, 0.6) is 11.5 Å². The van der Waals surface area contributed by atoms with E-state index in [-0.39, 0.29) is 23.0 Å². The van der Waals surface area contributed by atoms with E-state index in [0.717, 1.165) is 6.42 Å². The molecule has 0 unspecified atom stereocenters. The van der Waals surface area contributed by atoms with Crippen molar-refractivity contribution in [2.45, 2.75) is 25.9 Å². The maximum absolute atomic E-state index is 13.5. The van der Waals surface area contributed by atoms with Crippen molar-refractivity contribution in [3.05, 3.63) is 18.0 Å². The maximum Gasteiger partial charge on any atom is 0.433 e. The second kappa shape index (κ2) is 4.64. The lowest BCUT2D eigenvalue weighted by molar-refractivity contribution is -0.208. The van der Waals surface area contributed by atoms with Crippen LogP contribution < -0.4 is 15.2 Å². The third kappa shape index (κ3) is 2.11. The highest BCUT2D eigenvalue weighted by molar-refractivity contribution is 5.97. The molecule has 7 nitrogen and oxygen atoms in total. The van der Waals surface area contributed by atoms with Gasteiger partial charge in [-0.3, -0.25) is 0 Å². The fourth-order valence-corrected chi connectivity index (χ4v) is 2.58. The second-order valence-electron chi connectivity index (χ2n) is 5.30. The van der Waals surface area contributed by atoms with Crippen LogP contribution in [0.2, 0.25) is 0 Å². The first-order valence-corrected chi connectivity index (χ1v) is 7.16. The zero-order valence-corrected chi connectivity index (χ0v) is 12.2. The molecule has 120 valence electrons. The molecule has 0 saturated carbocycles. The van der Waals surface area contributed by atoms with Gasteiger partial charge < -0.3 is 15.2 Å². The van der Waals surface area contributed by atoms with Gasteiger partial charge in [0.2, 0.25) is 5.95 Å². The van der Waals surface area contributed by atoms with Gasteiger partial charge in [0.15, 0.2) is 29.6 Å². The standard InChI is InChI=1S/C14H13F2N5O2/c1-2-3-9-18-12-7-4-5-8-11(23-14(15,16)6-22-8)10(7)19-13(17)21(12)20-9/h4-5H,2-3,6H2,1H3,(H2,17,19). The van der Waals surface area contributed by atoms with Crippen molar-refractivity contribution in [3.8, 4) is 11.5 Å². The molecule has 1 aromatic carbocycles. The number of aryl methyl sites for hydroxylation is 1. The van der Waals surface area contributed by atoms with Gasteiger partial charge >= 0.3 is 6.11 Å². The lowest BCUT2D eigenvalue weighted by Crippen LogP contribution is -2.36. The van der Waals surface area contributed by atoms with Crippen LogP contribution in [0.25, 0.3) is 16.6 Å². The maximum atomic E-state index is 13.5. The number of hydrogen-bond acceptors (Lipinski definition) is 6. The van der Waals surface area contributed by atoms with Crippen LogP contribution in [-0.2, 0) is 6.42 Å². The SMILES string of the molecule is CCCc1nc2c3ccc4c(c3nc(N)n2n1)OC(F)(F)CO4. The van der Waals surface area contributed by atoms with E-state index in [0.29, 0.717) is 23.3 Å². The summed E-state index contributed by atoms with van der Waals surface area (Å²) < 4.78 is 38.2. The van der Waals surface area contributed by atoms with Crippen LogP contribution in [0.4, 0.5) is 14.7 Å². The first-order valence-electron chi connectivity index (χ1n) is 7.16. The Morgan fingerprint density at radius 1 is 1.35 bits per heavy atom. The Bertz CT molecular complexity index is 925. The second-order valence-corrected chi connectivity index (χ2v) is 5.30. The molecule has 0 bridgehead atoms. The predicted molar refractivity (Wildman–Crippen MR) is 77.8 cm³/mol. The van der Waals surface area contributed by atoms with E-state index >= 15 is 0 Å². The summed E-state index contributed by atoms with van der Waals surface area (Å²) in [7, 11) is 0. The molecule has 23 heavy (non-hydrogen) atoms. The van der Waals surface area contributed by atoms with Crippen molar-refractivity contribution in [1.29, 1.82) is 0 Å². The number of fused-ring (bicyclic) bond motifs is 5. The molecule has 2 N–H and O–H groups in total. The number of nitrogens with zero attached hydrogens (tertiary/aromatic N) is 4. The molecule has 0 aliphatic carbocycles. The Morgan fingerprint density at radius 2 is 2.17 bits per heavy atom. The number of rotatable bonds is 2. The quantitative estimate of drug-likeness (QED) is 0.778. The predicted octanol–water partition coefficient (Wildman–Crippen LogP) is 2.18. The number of anilines is 1. The Kier molecular flexibility index (Phi) is 2.81.